The molecular weight excluding hydrogens is 356 g/mol. The van der Waals surface area contributed by atoms with Gasteiger partial charge in [0.15, 0.2) is 0 Å². The van der Waals surface area contributed by atoms with Crippen molar-refractivity contribution in [3.8, 4) is 0 Å². The molecule has 1 aromatic carbocycles. The molecule has 0 saturated heterocycles. The monoisotopic (exact) mass is 378 g/mol. The van der Waals surface area contributed by atoms with Crippen LogP contribution in [0.15, 0.2) is 52.1 Å². The van der Waals surface area contributed by atoms with Crippen molar-refractivity contribution in [1.29, 1.82) is 0 Å². The fourth-order valence-electron chi connectivity index (χ4n) is 2.28. The fraction of sp³-hybridized carbons (Fsp3) is 0.278. The highest BCUT2D eigenvalue weighted by Crippen LogP contribution is 2.16. The van der Waals surface area contributed by atoms with Crippen LogP contribution in [0.4, 0.5) is 0 Å². The van der Waals surface area contributed by atoms with Gasteiger partial charge in [-0.1, -0.05) is 26.0 Å². The number of hydrogen-bond acceptors (Lipinski definition) is 4. The van der Waals surface area contributed by atoms with E-state index in [2.05, 4.69) is 5.32 Å². The highest BCUT2D eigenvalue weighted by Gasteiger charge is 2.20. The van der Waals surface area contributed by atoms with Crippen LogP contribution in [0.2, 0.25) is 0 Å². The third-order valence-corrected chi connectivity index (χ3v) is 6.49. The second-order valence-corrected chi connectivity index (χ2v) is 8.06. The SMILES string of the molecule is CCN(CC)S(=O)(=O)c1ccc(/C=C/C(=O)NCc2ccsc2)cc1. The first-order valence-electron chi connectivity index (χ1n) is 8.04. The lowest BCUT2D eigenvalue weighted by Gasteiger charge is -2.18. The van der Waals surface area contributed by atoms with Gasteiger partial charge in [-0.3, -0.25) is 4.79 Å². The number of sulfonamides is 1. The second-order valence-electron chi connectivity index (χ2n) is 5.34. The molecule has 1 amide bonds. The zero-order valence-electron chi connectivity index (χ0n) is 14.3. The van der Waals surface area contributed by atoms with Crippen LogP contribution < -0.4 is 5.32 Å². The molecule has 5 nitrogen and oxygen atoms in total. The van der Waals surface area contributed by atoms with Crippen LogP contribution in [-0.4, -0.2) is 31.7 Å². The third kappa shape index (κ3) is 5.26. The van der Waals surface area contributed by atoms with Crippen LogP contribution in [-0.2, 0) is 21.4 Å². The maximum Gasteiger partial charge on any atom is 0.244 e. The van der Waals surface area contributed by atoms with Gasteiger partial charge in [0.1, 0.15) is 0 Å². The van der Waals surface area contributed by atoms with Crippen molar-refractivity contribution in [2.24, 2.45) is 0 Å². The molecule has 7 heteroatoms. The zero-order valence-corrected chi connectivity index (χ0v) is 15.9. The first-order valence-corrected chi connectivity index (χ1v) is 10.4. The Morgan fingerprint density at radius 1 is 1.16 bits per heavy atom. The Bertz CT molecular complexity index is 807. The highest BCUT2D eigenvalue weighted by atomic mass is 32.2. The Hall–Kier alpha value is -1.96. The van der Waals surface area contributed by atoms with E-state index in [0.29, 0.717) is 19.6 Å². The van der Waals surface area contributed by atoms with Crippen molar-refractivity contribution < 1.29 is 13.2 Å². The lowest BCUT2D eigenvalue weighted by atomic mass is 10.2. The summed E-state index contributed by atoms with van der Waals surface area (Å²) >= 11 is 1.59. The zero-order chi connectivity index (χ0) is 18.3. The maximum atomic E-state index is 12.4. The molecular formula is C18H22N2O3S2. The number of thiophene rings is 1. The molecule has 25 heavy (non-hydrogen) atoms. The van der Waals surface area contributed by atoms with Crippen molar-refractivity contribution in [1.82, 2.24) is 9.62 Å². The van der Waals surface area contributed by atoms with Gasteiger partial charge in [0.2, 0.25) is 15.9 Å². The predicted molar refractivity (Wildman–Crippen MR) is 102 cm³/mol. The number of nitrogens with one attached hydrogen (secondary N) is 1. The average molecular weight is 379 g/mol. The molecule has 2 aromatic rings. The van der Waals surface area contributed by atoms with Gasteiger partial charge >= 0.3 is 0 Å². The van der Waals surface area contributed by atoms with Crippen LogP contribution >= 0.6 is 11.3 Å². The molecule has 0 aliphatic carbocycles. The molecule has 0 fully saturated rings. The van der Waals surface area contributed by atoms with Crippen LogP contribution in [0.1, 0.15) is 25.0 Å². The smallest absolute Gasteiger partial charge is 0.244 e. The van der Waals surface area contributed by atoms with Gasteiger partial charge in [0.05, 0.1) is 4.90 Å². The van der Waals surface area contributed by atoms with Crippen molar-refractivity contribution >= 4 is 33.3 Å². The van der Waals surface area contributed by atoms with Crippen LogP contribution in [0.5, 0.6) is 0 Å². The number of carbonyl (C=O) groups is 1. The summed E-state index contributed by atoms with van der Waals surface area (Å²) in [6.45, 7) is 4.99. The number of rotatable bonds is 8. The molecule has 0 bridgehead atoms. The first kappa shape index (κ1) is 19.4. The van der Waals surface area contributed by atoms with E-state index in [9.17, 15) is 13.2 Å². The molecule has 0 spiro atoms. The molecule has 0 unspecified atom stereocenters. The van der Waals surface area contributed by atoms with E-state index < -0.39 is 10.0 Å². The van der Waals surface area contributed by atoms with Crippen LogP contribution in [0, 0.1) is 0 Å². The summed E-state index contributed by atoms with van der Waals surface area (Å²) in [5.41, 5.74) is 1.84. The van der Waals surface area contributed by atoms with Crippen molar-refractivity contribution in [3.63, 3.8) is 0 Å². The second kappa shape index (κ2) is 8.94. The van der Waals surface area contributed by atoms with E-state index in [1.807, 2.05) is 30.7 Å². The molecule has 2 rings (SSSR count). The minimum atomic E-state index is -3.45. The lowest BCUT2D eigenvalue weighted by Crippen LogP contribution is -2.30. The summed E-state index contributed by atoms with van der Waals surface area (Å²) in [5, 5.41) is 6.75. The number of nitrogens with zero attached hydrogens (tertiary/aromatic N) is 1. The number of carbonyl (C=O) groups excluding carboxylic acids is 1. The van der Waals surface area contributed by atoms with E-state index >= 15 is 0 Å². The molecule has 134 valence electrons. The Kier molecular flexibility index (Phi) is 6.92. The van der Waals surface area contributed by atoms with Gasteiger partial charge in [-0.15, -0.1) is 0 Å². The summed E-state index contributed by atoms with van der Waals surface area (Å²) in [5.74, 6) is -0.189. The first-order chi connectivity index (χ1) is 12.0. The Balaban J connectivity index is 1.98. The minimum Gasteiger partial charge on any atom is -0.348 e. The Morgan fingerprint density at radius 2 is 1.84 bits per heavy atom. The highest BCUT2D eigenvalue weighted by molar-refractivity contribution is 7.89. The fourth-order valence-corrected chi connectivity index (χ4v) is 4.40. The summed E-state index contributed by atoms with van der Waals surface area (Å²) in [4.78, 5) is 12.1. The number of benzene rings is 1. The average Bonchev–Trinajstić information content (AvgIpc) is 3.13. The number of amides is 1. The van der Waals surface area contributed by atoms with E-state index in [1.54, 1.807) is 41.7 Å². The Morgan fingerprint density at radius 3 is 2.40 bits per heavy atom. The molecule has 0 aliphatic rings. The molecule has 0 atom stereocenters. The summed E-state index contributed by atoms with van der Waals surface area (Å²) in [7, 11) is -3.45. The van der Waals surface area contributed by atoms with Gasteiger partial charge in [0.25, 0.3) is 0 Å². The minimum absolute atomic E-state index is 0.189. The molecule has 0 aliphatic heterocycles. The van der Waals surface area contributed by atoms with Crippen molar-refractivity contribution in [2.75, 3.05) is 13.1 Å². The normalized spacial score (nSPS) is 12.0. The van der Waals surface area contributed by atoms with Gasteiger partial charge < -0.3 is 5.32 Å². The molecule has 1 heterocycles. The number of hydrogen-bond donors (Lipinski definition) is 1. The van der Waals surface area contributed by atoms with Gasteiger partial charge in [-0.05, 0) is 46.2 Å². The van der Waals surface area contributed by atoms with E-state index in [0.717, 1.165) is 11.1 Å². The largest absolute Gasteiger partial charge is 0.348 e. The lowest BCUT2D eigenvalue weighted by molar-refractivity contribution is -0.116. The Labute approximate surface area is 153 Å². The maximum absolute atomic E-state index is 12.4. The van der Waals surface area contributed by atoms with E-state index in [1.165, 1.54) is 10.4 Å². The van der Waals surface area contributed by atoms with Gasteiger partial charge in [0, 0.05) is 25.7 Å². The summed E-state index contributed by atoms with van der Waals surface area (Å²) < 4.78 is 26.2. The van der Waals surface area contributed by atoms with Crippen molar-refractivity contribution in [3.05, 3.63) is 58.3 Å². The van der Waals surface area contributed by atoms with Gasteiger partial charge in [-0.2, -0.15) is 15.6 Å². The van der Waals surface area contributed by atoms with E-state index in [4.69, 9.17) is 0 Å². The standard InChI is InChI=1S/C18H22N2O3S2/c1-3-20(4-2)25(22,23)17-8-5-15(6-9-17)7-10-18(21)19-13-16-11-12-24-14-16/h5-12,14H,3-4,13H2,1-2H3,(H,19,21)/b10-7+. The van der Waals surface area contributed by atoms with Gasteiger partial charge in [-0.25, -0.2) is 8.42 Å². The molecule has 0 radical (unpaired) electrons. The summed E-state index contributed by atoms with van der Waals surface area (Å²) in [6.07, 6.45) is 3.11. The summed E-state index contributed by atoms with van der Waals surface area (Å²) in [6, 6.07) is 8.48. The quantitative estimate of drug-likeness (QED) is 0.718. The van der Waals surface area contributed by atoms with Crippen LogP contribution in [0.25, 0.3) is 6.08 Å². The molecule has 1 N–H and O–H groups in total. The van der Waals surface area contributed by atoms with Crippen molar-refractivity contribution in [2.45, 2.75) is 25.3 Å². The topological polar surface area (TPSA) is 66.5 Å². The molecule has 1 aromatic heterocycles. The third-order valence-electron chi connectivity index (χ3n) is 3.70. The molecule has 0 saturated carbocycles. The van der Waals surface area contributed by atoms with E-state index in [-0.39, 0.29) is 10.8 Å². The predicted octanol–water partition coefficient (Wildman–Crippen LogP) is 3.11. The van der Waals surface area contributed by atoms with Crippen LogP contribution in [0.3, 0.4) is 0 Å².